The Morgan fingerprint density at radius 1 is 1.24 bits per heavy atom. The molecule has 0 aliphatic carbocycles. The van der Waals surface area contributed by atoms with Crippen molar-refractivity contribution < 1.29 is 31.7 Å². The van der Waals surface area contributed by atoms with Gasteiger partial charge in [-0.05, 0) is 32.7 Å². The number of rotatable bonds is 5. The van der Waals surface area contributed by atoms with Gasteiger partial charge >= 0.3 is 16.4 Å². The van der Waals surface area contributed by atoms with Crippen LogP contribution in [0.4, 0.5) is 4.79 Å². The van der Waals surface area contributed by atoms with Crippen molar-refractivity contribution in [3.05, 3.63) is 0 Å². The number of hydrogen-bond donors (Lipinski definition) is 2. The van der Waals surface area contributed by atoms with Crippen molar-refractivity contribution in [3.8, 4) is 0 Å². The highest BCUT2D eigenvalue weighted by atomic mass is 32.3. The van der Waals surface area contributed by atoms with Crippen molar-refractivity contribution in [3.63, 3.8) is 0 Å². The van der Waals surface area contributed by atoms with Gasteiger partial charge in [0.1, 0.15) is 6.04 Å². The van der Waals surface area contributed by atoms with E-state index in [9.17, 15) is 18.0 Å². The summed E-state index contributed by atoms with van der Waals surface area (Å²) < 4.78 is 34.8. The van der Waals surface area contributed by atoms with Gasteiger partial charge in [-0.15, -0.1) is 4.28 Å². The Hall–Kier alpha value is -1.47. The number of nitrogens with zero attached hydrogens (tertiary/aromatic N) is 3. The number of piperidine rings is 2. The molecule has 2 N–H and O–H groups in total. The number of likely N-dealkylation sites (tertiary alicyclic amines) is 1. The molecular formula is C13H22N4O7S. The second kappa shape index (κ2) is 7.03. The quantitative estimate of drug-likeness (QED) is 0.467. The van der Waals surface area contributed by atoms with Crippen molar-refractivity contribution in [2.75, 3.05) is 26.7 Å². The lowest BCUT2D eigenvalue weighted by atomic mass is 10.0. The first-order chi connectivity index (χ1) is 11.7. The number of carbonyl (C=O) groups is 2. The molecule has 3 aliphatic rings. The van der Waals surface area contributed by atoms with Crippen LogP contribution in [0.3, 0.4) is 0 Å². The maximum absolute atomic E-state index is 12.4. The zero-order valence-electron chi connectivity index (χ0n) is 13.8. The molecule has 3 fully saturated rings. The topological polar surface area (TPSA) is 129 Å². The minimum absolute atomic E-state index is 0.0647. The van der Waals surface area contributed by atoms with Gasteiger partial charge in [-0.1, -0.05) is 0 Å². The maximum Gasteiger partial charge on any atom is 0.418 e. The Morgan fingerprint density at radius 3 is 2.56 bits per heavy atom. The van der Waals surface area contributed by atoms with Crippen molar-refractivity contribution in [1.29, 1.82) is 0 Å². The van der Waals surface area contributed by atoms with Gasteiger partial charge in [-0.2, -0.15) is 13.5 Å². The van der Waals surface area contributed by atoms with E-state index in [-0.39, 0.29) is 12.6 Å². The lowest BCUT2D eigenvalue weighted by Crippen LogP contribution is -2.50. The highest BCUT2D eigenvalue weighted by Gasteiger charge is 2.49. The summed E-state index contributed by atoms with van der Waals surface area (Å²) in [5.41, 5.74) is 2.43. The summed E-state index contributed by atoms with van der Waals surface area (Å²) in [4.78, 5) is 33.5. The Labute approximate surface area is 145 Å². The summed E-state index contributed by atoms with van der Waals surface area (Å²) in [7, 11) is -2.78. The molecule has 0 aromatic rings. The standard InChI is InChI=1S/C13H22N4O7S/c1-15-6-4-10(5-7-15)23-14-12(18)11-3-2-9-8-16(11)13(19)17(9)24-25(20,21)22/h9-11H,2-8H2,1H3,(H,14,18)(H,20,21,22). The van der Waals surface area contributed by atoms with Gasteiger partial charge in [0.2, 0.25) is 0 Å². The molecule has 3 heterocycles. The molecule has 0 radical (unpaired) electrons. The van der Waals surface area contributed by atoms with E-state index in [1.54, 1.807) is 0 Å². The van der Waals surface area contributed by atoms with Crippen LogP contribution in [-0.2, 0) is 24.3 Å². The molecule has 0 spiro atoms. The van der Waals surface area contributed by atoms with E-state index in [0.717, 1.165) is 25.9 Å². The molecule has 3 saturated heterocycles. The smallest absolute Gasteiger partial charge is 0.309 e. The van der Waals surface area contributed by atoms with E-state index >= 15 is 0 Å². The summed E-state index contributed by atoms with van der Waals surface area (Å²) in [5, 5.41) is 0.612. The molecule has 3 rings (SSSR count). The lowest BCUT2D eigenvalue weighted by molar-refractivity contribution is -0.146. The molecule has 0 saturated carbocycles. The number of urea groups is 1. The highest BCUT2D eigenvalue weighted by Crippen LogP contribution is 2.30. The molecule has 2 bridgehead atoms. The van der Waals surface area contributed by atoms with Crippen LogP contribution in [0.5, 0.6) is 0 Å². The zero-order chi connectivity index (χ0) is 18.2. The number of nitrogens with one attached hydrogen (secondary N) is 1. The molecule has 0 aromatic carbocycles. The average molecular weight is 378 g/mol. The zero-order valence-corrected chi connectivity index (χ0v) is 14.6. The molecule has 3 aliphatic heterocycles. The Morgan fingerprint density at radius 2 is 1.92 bits per heavy atom. The molecule has 12 heteroatoms. The van der Waals surface area contributed by atoms with E-state index in [1.807, 2.05) is 7.05 Å². The van der Waals surface area contributed by atoms with Crippen molar-refractivity contribution >= 4 is 22.3 Å². The first kappa shape index (κ1) is 18.3. The number of amides is 3. The minimum Gasteiger partial charge on any atom is -0.309 e. The molecule has 11 nitrogen and oxygen atoms in total. The third kappa shape index (κ3) is 4.20. The van der Waals surface area contributed by atoms with Crippen LogP contribution in [0.15, 0.2) is 0 Å². The van der Waals surface area contributed by atoms with Gasteiger partial charge in [0, 0.05) is 19.6 Å². The number of carbonyl (C=O) groups excluding carboxylic acids is 2. The fourth-order valence-corrected chi connectivity index (χ4v) is 3.80. The van der Waals surface area contributed by atoms with Gasteiger partial charge < -0.3 is 9.80 Å². The SMILES string of the molecule is CN1CCC(ONC(=O)C2CCC3CN2C(=O)N3OS(=O)(=O)O)CC1. The fraction of sp³-hybridized carbons (Fsp3) is 0.846. The minimum atomic E-state index is -4.80. The second-order valence-electron chi connectivity index (χ2n) is 6.60. The molecule has 142 valence electrons. The van der Waals surface area contributed by atoms with Crippen LogP contribution in [0.25, 0.3) is 0 Å². The van der Waals surface area contributed by atoms with E-state index < -0.39 is 34.4 Å². The number of hydrogen-bond acceptors (Lipinski definition) is 7. The van der Waals surface area contributed by atoms with Crippen LogP contribution < -0.4 is 5.48 Å². The number of fused-ring (bicyclic) bond motifs is 2. The predicted octanol–water partition coefficient (Wildman–Crippen LogP) is -0.869. The maximum atomic E-state index is 12.4. The normalized spacial score (nSPS) is 28.5. The summed E-state index contributed by atoms with van der Waals surface area (Å²) in [6.45, 7) is 1.93. The van der Waals surface area contributed by atoms with Gasteiger partial charge in [0.25, 0.3) is 5.91 Å². The first-order valence-corrected chi connectivity index (χ1v) is 9.52. The van der Waals surface area contributed by atoms with Crippen LogP contribution in [0, 0.1) is 0 Å². The average Bonchev–Trinajstić information content (AvgIpc) is 2.78. The van der Waals surface area contributed by atoms with Gasteiger partial charge in [0.15, 0.2) is 0 Å². The molecule has 25 heavy (non-hydrogen) atoms. The van der Waals surface area contributed by atoms with E-state index in [4.69, 9.17) is 9.39 Å². The Bertz CT molecular complexity index is 634. The summed E-state index contributed by atoms with van der Waals surface area (Å²) in [6, 6.07) is -2.04. The molecule has 3 amide bonds. The van der Waals surface area contributed by atoms with Crippen LogP contribution >= 0.6 is 0 Å². The van der Waals surface area contributed by atoms with Crippen LogP contribution in [-0.4, -0.2) is 84.6 Å². The van der Waals surface area contributed by atoms with Gasteiger partial charge in [-0.3, -0.25) is 14.2 Å². The molecule has 2 atom stereocenters. The first-order valence-electron chi connectivity index (χ1n) is 8.15. The largest absolute Gasteiger partial charge is 0.418 e. The van der Waals surface area contributed by atoms with Gasteiger partial charge in [0.05, 0.1) is 12.1 Å². The summed E-state index contributed by atoms with van der Waals surface area (Å²) >= 11 is 0. The Balaban J connectivity index is 1.55. The molecule has 0 aromatic heterocycles. The van der Waals surface area contributed by atoms with E-state index in [1.165, 1.54) is 4.90 Å². The highest BCUT2D eigenvalue weighted by molar-refractivity contribution is 7.80. The molecular weight excluding hydrogens is 356 g/mol. The van der Waals surface area contributed by atoms with E-state index in [2.05, 4.69) is 14.7 Å². The second-order valence-corrected chi connectivity index (χ2v) is 7.60. The summed E-state index contributed by atoms with van der Waals surface area (Å²) in [5.74, 6) is -0.445. The Kier molecular flexibility index (Phi) is 5.16. The van der Waals surface area contributed by atoms with E-state index in [0.29, 0.717) is 17.9 Å². The fourth-order valence-electron chi connectivity index (χ4n) is 3.42. The molecule has 2 unspecified atom stereocenters. The van der Waals surface area contributed by atoms with Crippen LogP contribution in [0.2, 0.25) is 0 Å². The van der Waals surface area contributed by atoms with Crippen molar-refractivity contribution in [2.24, 2.45) is 0 Å². The van der Waals surface area contributed by atoms with Crippen molar-refractivity contribution in [1.82, 2.24) is 20.3 Å². The third-order valence-corrected chi connectivity index (χ3v) is 5.14. The monoisotopic (exact) mass is 378 g/mol. The summed E-state index contributed by atoms with van der Waals surface area (Å²) in [6.07, 6.45) is 2.28. The predicted molar refractivity (Wildman–Crippen MR) is 83.1 cm³/mol. The van der Waals surface area contributed by atoms with Crippen LogP contribution in [0.1, 0.15) is 25.7 Å². The third-order valence-electron chi connectivity index (χ3n) is 4.79. The van der Waals surface area contributed by atoms with Gasteiger partial charge in [-0.25, -0.2) is 10.3 Å². The van der Waals surface area contributed by atoms with Crippen molar-refractivity contribution in [2.45, 2.75) is 43.9 Å². The lowest BCUT2D eigenvalue weighted by Gasteiger charge is -2.31. The number of hydroxylamine groups is 3.